The summed E-state index contributed by atoms with van der Waals surface area (Å²) in [5, 5.41) is 6.12. The molecule has 0 radical (unpaired) electrons. The van der Waals surface area contributed by atoms with Gasteiger partial charge in [-0.2, -0.15) is 0 Å². The fraction of sp³-hybridized carbons (Fsp3) is 0.312. The predicted molar refractivity (Wildman–Crippen MR) is 91.1 cm³/mol. The highest BCUT2D eigenvalue weighted by atomic mass is 35.5. The number of aromatic nitrogens is 1. The lowest BCUT2D eigenvalue weighted by Crippen LogP contribution is -2.26. The Hall–Kier alpha value is -1.92. The van der Waals surface area contributed by atoms with Crippen molar-refractivity contribution in [3.05, 3.63) is 44.9 Å². The van der Waals surface area contributed by atoms with Crippen molar-refractivity contribution in [1.82, 2.24) is 10.3 Å². The lowest BCUT2D eigenvalue weighted by molar-refractivity contribution is -0.117. The minimum Gasteiger partial charge on any atom is -0.346 e. The van der Waals surface area contributed by atoms with Gasteiger partial charge in [-0.15, -0.1) is 11.3 Å². The van der Waals surface area contributed by atoms with Crippen LogP contribution in [-0.4, -0.2) is 23.3 Å². The second kappa shape index (κ2) is 6.68. The van der Waals surface area contributed by atoms with E-state index in [1.165, 1.54) is 11.3 Å². The van der Waals surface area contributed by atoms with Gasteiger partial charge in [0.15, 0.2) is 0 Å². The molecule has 1 fully saturated rings. The van der Waals surface area contributed by atoms with Gasteiger partial charge < -0.3 is 10.2 Å². The van der Waals surface area contributed by atoms with Gasteiger partial charge in [-0.1, -0.05) is 11.6 Å². The van der Waals surface area contributed by atoms with E-state index in [-0.39, 0.29) is 11.8 Å². The number of hydrogen-bond acceptors (Lipinski definition) is 4. The van der Waals surface area contributed by atoms with Crippen molar-refractivity contribution in [2.45, 2.75) is 26.3 Å². The summed E-state index contributed by atoms with van der Waals surface area (Å²) in [6.45, 7) is 2.94. The molecule has 5 nitrogen and oxygen atoms in total. The van der Waals surface area contributed by atoms with E-state index in [1.54, 1.807) is 23.1 Å². The second-order valence-electron chi connectivity index (χ2n) is 5.38. The van der Waals surface area contributed by atoms with Crippen molar-refractivity contribution >= 4 is 40.4 Å². The molecule has 1 aliphatic heterocycles. The number of carbonyl (C=O) groups is 2. The standard InChI is InChI=1S/C16H16ClN3O2S/c1-10-9-23-14(19-10)8-18-16(22)11-4-5-12(17)13(7-11)20-6-2-3-15(20)21/h4-5,7,9H,2-3,6,8H2,1H3,(H,18,22). The van der Waals surface area contributed by atoms with Gasteiger partial charge in [-0.3, -0.25) is 9.59 Å². The molecule has 0 saturated carbocycles. The zero-order chi connectivity index (χ0) is 16.4. The summed E-state index contributed by atoms with van der Waals surface area (Å²) in [4.78, 5) is 30.1. The van der Waals surface area contributed by atoms with Gasteiger partial charge in [0.05, 0.1) is 17.3 Å². The van der Waals surface area contributed by atoms with E-state index < -0.39 is 0 Å². The molecular weight excluding hydrogens is 334 g/mol. The van der Waals surface area contributed by atoms with Crippen LogP contribution >= 0.6 is 22.9 Å². The average molecular weight is 350 g/mol. The van der Waals surface area contributed by atoms with Crippen LogP contribution in [0.3, 0.4) is 0 Å². The minimum atomic E-state index is -0.206. The van der Waals surface area contributed by atoms with Crippen molar-refractivity contribution in [1.29, 1.82) is 0 Å². The first-order valence-electron chi connectivity index (χ1n) is 7.34. The maximum absolute atomic E-state index is 12.3. The number of amides is 2. The number of anilines is 1. The van der Waals surface area contributed by atoms with Crippen molar-refractivity contribution < 1.29 is 9.59 Å². The van der Waals surface area contributed by atoms with Gasteiger partial charge in [0.2, 0.25) is 5.91 Å². The molecule has 0 atom stereocenters. The van der Waals surface area contributed by atoms with Crippen LogP contribution in [0.2, 0.25) is 5.02 Å². The molecule has 1 saturated heterocycles. The molecule has 0 unspecified atom stereocenters. The average Bonchev–Trinajstić information content (AvgIpc) is 3.14. The summed E-state index contributed by atoms with van der Waals surface area (Å²) in [5.41, 5.74) is 2.03. The Kier molecular flexibility index (Phi) is 4.63. The predicted octanol–water partition coefficient (Wildman–Crippen LogP) is 3.16. The van der Waals surface area contributed by atoms with E-state index in [0.717, 1.165) is 17.1 Å². The first-order valence-corrected chi connectivity index (χ1v) is 8.59. The fourth-order valence-electron chi connectivity index (χ4n) is 2.51. The van der Waals surface area contributed by atoms with E-state index in [1.807, 2.05) is 12.3 Å². The zero-order valence-electron chi connectivity index (χ0n) is 12.6. The highest BCUT2D eigenvalue weighted by Gasteiger charge is 2.24. The van der Waals surface area contributed by atoms with Gasteiger partial charge >= 0.3 is 0 Å². The molecule has 0 spiro atoms. The summed E-state index contributed by atoms with van der Waals surface area (Å²) >= 11 is 7.70. The Morgan fingerprint density at radius 1 is 1.48 bits per heavy atom. The van der Waals surface area contributed by atoms with E-state index in [9.17, 15) is 9.59 Å². The first-order chi connectivity index (χ1) is 11.0. The Morgan fingerprint density at radius 3 is 2.96 bits per heavy atom. The molecule has 120 valence electrons. The highest BCUT2D eigenvalue weighted by molar-refractivity contribution is 7.09. The summed E-state index contributed by atoms with van der Waals surface area (Å²) in [5.74, 6) is -0.162. The maximum atomic E-state index is 12.3. The molecular formula is C16H16ClN3O2S. The van der Waals surface area contributed by atoms with Crippen LogP contribution in [0.1, 0.15) is 33.9 Å². The monoisotopic (exact) mass is 349 g/mol. The van der Waals surface area contributed by atoms with E-state index in [4.69, 9.17) is 11.6 Å². The van der Waals surface area contributed by atoms with Crippen LogP contribution in [-0.2, 0) is 11.3 Å². The number of hydrogen-bond donors (Lipinski definition) is 1. The molecule has 2 amide bonds. The lowest BCUT2D eigenvalue weighted by Gasteiger charge is -2.18. The highest BCUT2D eigenvalue weighted by Crippen LogP contribution is 2.30. The third kappa shape index (κ3) is 3.54. The Morgan fingerprint density at radius 2 is 2.30 bits per heavy atom. The second-order valence-corrected chi connectivity index (χ2v) is 6.73. The van der Waals surface area contributed by atoms with Crippen molar-refractivity contribution in [2.75, 3.05) is 11.4 Å². The van der Waals surface area contributed by atoms with E-state index in [0.29, 0.717) is 35.8 Å². The molecule has 2 aromatic rings. The third-order valence-corrected chi connectivity index (χ3v) is 4.93. The lowest BCUT2D eigenvalue weighted by atomic mass is 10.1. The number of carbonyl (C=O) groups excluding carboxylic acids is 2. The molecule has 1 aliphatic rings. The number of benzene rings is 1. The van der Waals surface area contributed by atoms with Crippen LogP contribution in [0.5, 0.6) is 0 Å². The Balaban J connectivity index is 1.74. The molecule has 2 heterocycles. The Bertz CT molecular complexity index is 760. The summed E-state index contributed by atoms with van der Waals surface area (Å²) in [6.07, 6.45) is 1.34. The van der Waals surface area contributed by atoms with Crippen molar-refractivity contribution in [3.8, 4) is 0 Å². The summed E-state index contributed by atoms with van der Waals surface area (Å²) in [6, 6.07) is 4.99. The molecule has 1 aromatic heterocycles. The minimum absolute atomic E-state index is 0.0442. The van der Waals surface area contributed by atoms with E-state index >= 15 is 0 Å². The number of aryl methyl sites for hydroxylation is 1. The molecule has 7 heteroatoms. The number of nitrogens with one attached hydrogen (secondary N) is 1. The number of rotatable bonds is 4. The normalized spacial score (nSPS) is 14.3. The van der Waals surface area contributed by atoms with Crippen LogP contribution in [0.4, 0.5) is 5.69 Å². The number of halogens is 1. The molecule has 1 aromatic carbocycles. The molecule has 1 N–H and O–H groups in total. The third-order valence-electron chi connectivity index (χ3n) is 3.64. The van der Waals surface area contributed by atoms with Gasteiger partial charge in [0, 0.05) is 29.6 Å². The quantitative estimate of drug-likeness (QED) is 0.922. The molecule has 23 heavy (non-hydrogen) atoms. The van der Waals surface area contributed by atoms with Gasteiger partial charge in [-0.05, 0) is 31.5 Å². The fourth-order valence-corrected chi connectivity index (χ4v) is 3.44. The number of nitrogens with zero attached hydrogens (tertiary/aromatic N) is 2. The van der Waals surface area contributed by atoms with Gasteiger partial charge in [0.25, 0.3) is 5.91 Å². The van der Waals surface area contributed by atoms with Crippen LogP contribution in [0.15, 0.2) is 23.6 Å². The smallest absolute Gasteiger partial charge is 0.251 e. The molecule has 0 bridgehead atoms. The SMILES string of the molecule is Cc1csc(CNC(=O)c2ccc(Cl)c(N3CCCC3=O)c2)n1. The van der Waals surface area contributed by atoms with Crippen molar-refractivity contribution in [3.63, 3.8) is 0 Å². The zero-order valence-corrected chi connectivity index (χ0v) is 14.2. The summed E-state index contributed by atoms with van der Waals surface area (Å²) in [7, 11) is 0. The van der Waals surface area contributed by atoms with E-state index in [2.05, 4.69) is 10.3 Å². The molecule has 0 aliphatic carbocycles. The Labute approximate surface area is 143 Å². The topological polar surface area (TPSA) is 62.3 Å². The van der Waals surface area contributed by atoms with Crippen LogP contribution in [0, 0.1) is 6.92 Å². The van der Waals surface area contributed by atoms with Crippen LogP contribution < -0.4 is 10.2 Å². The van der Waals surface area contributed by atoms with Gasteiger partial charge in [-0.25, -0.2) is 4.98 Å². The largest absolute Gasteiger partial charge is 0.346 e. The summed E-state index contributed by atoms with van der Waals surface area (Å²) < 4.78 is 0. The first kappa shape index (κ1) is 16.0. The van der Waals surface area contributed by atoms with Crippen molar-refractivity contribution in [2.24, 2.45) is 0 Å². The maximum Gasteiger partial charge on any atom is 0.251 e. The molecule has 3 rings (SSSR count). The van der Waals surface area contributed by atoms with Crippen LogP contribution in [0.25, 0.3) is 0 Å². The van der Waals surface area contributed by atoms with Gasteiger partial charge in [0.1, 0.15) is 5.01 Å². The number of thiazole rings is 1.